The number of carbonyl (C=O) groups is 2. The first-order valence-electron chi connectivity index (χ1n) is 10.5. The number of fused-ring (bicyclic) bond motifs is 2. The van der Waals surface area contributed by atoms with Crippen molar-refractivity contribution >= 4 is 39.8 Å². The molecule has 5 rings (SSSR count). The van der Waals surface area contributed by atoms with E-state index in [0.29, 0.717) is 47.8 Å². The largest absolute Gasteiger partial charge is 0.481 e. The number of nitrogens with zero attached hydrogens (tertiary/aromatic N) is 2. The molecule has 0 saturated heterocycles. The van der Waals surface area contributed by atoms with Gasteiger partial charge in [0.2, 0.25) is 0 Å². The van der Waals surface area contributed by atoms with Crippen molar-refractivity contribution in [3.8, 4) is 10.4 Å². The van der Waals surface area contributed by atoms with Crippen molar-refractivity contribution < 1.29 is 14.7 Å². The van der Waals surface area contributed by atoms with Gasteiger partial charge in [-0.1, -0.05) is 12.1 Å². The Morgan fingerprint density at radius 2 is 1.91 bits per heavy atom. The Hall–Kier alpha value is -3.52. The Labute approximate surface area is 187 Å². The van der Waals surface area contributed by atoms with Crippen molar-refractivity contribution in [2.75, 3.05) is 0 Å². The fourth-order valence-corrected chi connectivity index (χ4v) is 5.07. The zero-order valence-electron chi connectivity index (χ0n) is 17.2. The molecule has 32 heavy (non-hydrogen) atoms. The zero-order chi connectivity index (χ0) is 22.2. The van der Waals surface area contributed by atoms with E-state index in [-0.39, 0.29) is 23.4 Å². The molecule has 1 aromatic carbocycles. The third-order valence-corrected chi connectivity index (χ3v) is 7.02. The number of aromatic nitrogens is 2. The van der Waals surface area contributed by atoms with E-state index >= 15 is 0 Å². The lowest BCUT2D eigenvalue weighted by Crippen LogP contribution is -2.39. The van der Waals surface area contributed by atoms with Crippen LogP contribution in [0.5, 0.6) is 0 Å². The maximum atomic E-state index is 13.2. The van der Waals surface area contributed by atoms with E-state index in [1.807, 2.05) is 35.7 Å². The van der Waals surface area contributed by atoms with Crippen LogP contribution in [0.25, 0.3) is 27.0 Å². The van der Waals surface area contributed by atoms with Crippen LogP contribution in [0.4, 0.5) is 0 Å². The molecule has 8 heteroatoms. The molecule has 1 fully saturated rings. The van der Waals surface area contributed by atoms with E-state index in [0.717, 1.165) is 10.4 Å². The normalized spacial score (nSPS) is 18.6. The topological polar surface area (TPSA) is 101 Å². The van der Waals surface area contributed by atoms with Crippen LogP contribution in [0, 0.1) is 5.92 Å². The standard InChI is InChI=1S/C24H21N3O4S/c28-22(25-16-8-5-14(6-9-16)24(30)31)17-3-1-11-27-21(17)26-19-10-7-15(13-18(19)23(27)29)20-4-2-12-32-20/h1-4,7,10-14,16H,5-6,8-9H2,(H,25,28)(H,30,31)/t14-,16+. The highest BCUT2D eigenvalue weighted by atomic mass is 32.1. The molecule has 1 aliphatic carbocycles. The molecule has 0 unspecified atom stereocenters. The van der Waals surface area contributed by atoms with Crippen LogP contribution in [0.15, 0.2) is 58.8 Å². The quantitative estimate of drug-likeness (QED) is 0.462. The molecule has 0 atom stereocenters. The van der Waals surface area contributed by atoms with E-state index in [1.165, 1.54) is 4.40 Å². The van der Waals surface area contributed by atoms with Crippen LogP contribution in [0.1, 0.15) is 36.0 Å². The average molecular weight is 448 g/mol. The molecule has 4 aromatic rings. The fraction of sp³-hybridized carbons (Fsp3) is 0.250. The molecule has 1 saturated carbocycles. The molecular formula is C24H21N3O4S. The van der Waals surface area contributed by atoms with Crippen molar-refractivity contribution in [3.63, 3.8) is 0 Å². The van der Waals surface area contributed by atoms with Crippen molar-refractivity contribution in [3.05, 3.63) is 70.0 Å². The Kier molecular flexibility index (Phi) is 5.22. The highest BCUT2D eigenvalue weighted by Gasteiger charge is 2.27. The number of thiophene rings is 1. The van der Waals surface area contributed by atoms with Crippen LogP contribution in [0.3, 0.4) is 0 Å². The summed E-state index contributed by atoms with van der Waals surface area (Å²) in [6.07, 6.45) is 3.96. The fourth-order valence-electron chi connectivity index (χ4n) is 4.35. The summed E-state index contributed by atoms with van der Waals surface area (Å²) in [4.78, 5) is 43.1. The molecule has 0 bridgehead atoms. The second kappa shape index (κ2) is 8.20. The average Bonchev–Trinajstić information content (AvgIpc) is 3.34. The number of amides is 1. The number of benzene rings is 1. The highest BCUT2D eigenvalue weighted by molar-refractivity contribution is 7.13. The summed E-state index contributed by atoms with van der Waals surface area (Å²) in [6.45, 7) is 0. The van der Waals surface area contributed by atoms with E-state index in [4.69, 9.17) is 5.11 Å². The first-order chi connectivity index (χ1) is 15.5. The summed E-state index contributed by atoms with van der Waals surface area (Å²) in [5, 5.41) is 14.6. The molecule has 2 N–H and O–H groups in total. The van der Waals surface area contributed by atoms with Gasteiger partial charge in [0, 0.05) is 17.1 Å². The Bertz CT molecular complexity index is 1390. The van der Waals surface area contributed by atoms with Crippen LogP contribution < -0.4 is 10.9 Å². The van der Waals surface area contributed by atoms with Crippen LogP contribution in [0.2, 0.25) is 0 Å². The van der Waals surface area contributed by atoms with Gasteiger partial charge in [0.15, 0.2) is 5.65 Å². The molecule has 7 nitrogen and oxygen atoms in total. The number of hydrogen-bond donors (Lipinski definition) is 2. The molecule has 1 amide bonds. The van der Waals surface area contributed by atoms with Crippen LogP contribution in [-0.4, -0.2) is 32.4 Å². The first-order valence-corrected chi connectivity index (χ1v) is 11.4. The van der Waals surface area contributed by atoms with Crippen molar-refractivity contribution in [2.45, 2.75) is 31.7 Å². The summed E-state index contributed by atoms with van der Waals surface area (Å²) in [7, 11) is 0. The van der Waals surface area contributed by atoms with Crippen molar-refractivity contribution in [1.82, 2.24) is 14.7 Å². The molecule has 0 aliphatic heterocycles. The smallest absolute Gasteiger partial charge is 0.306 e. The summed E-state index contributed by atoms with van der Waals surface area (Å²) >= 11 is 1.60. The number of aliphatic carboxylic acids is 1. The van der Waals surface area contributed by atoms with Crippen molar-refractivity contribution in [1.29, 1.82) is 0 Å². The van der Waals surface area contributed by atoms with Gasteiger partial charge in [-0.3, -0.25) is 18.8 Å². The third-order valence-electron chi connectivity index (χ3n) is 6.10. The third kappa shape index (κ3) is 3.67. The van der Waals surface area contributed by atoms with Gasteiger partial charge in [0.25, 0.3) is 11.5 Å². The minimum atomic E-state index is -0.776. The van der Waals surface area contributed by atoms with Crippen LogP contribution >= 0.6 is 11.3 Å². The molecule has 0 spiro atoms. The monoisotopic (exact) mass is 447 g/mol. The number of rotatable bonds is 4. The number of carboxylic acid groups (broad SMARTS) is 1. The predicted molar refractivity (Wildman–Crippen MR) is 123 cm³/mol. The Morgan fingerprint density at radius 1 is 1.09 bits per heavy atom. The summed E-state index contributed by atoms with van der Waals surface area (Å²) in [6, 6.07) is 12.8. The maximum Gasteiger partial charge on any atom is 0.306 e. The van der Waals surface area contributed by atoms with E-state index in [2.05, 4.69) is 10.3 Å². The summed E-state index contributed by atoms with van der Waals surface area (Å²) < 4.78 is 1.41. The van der Waals surface area contributed by atoms with Crippen LogP contribution in [-0.2, 0) is 4.79 Å². The summed E-state index contributed by atoms with van der Waals surface area (Å²) in [5.41, 5.74) is 1.91. The zero-order valence-corrected chi connectivity index (χ0v) is 18.0. The second-order valence-corrected chi connectivity index (χ2v) is 9.05. The molecule has 0 radical (unpaired) electrons. The van der Waals surface area contributed by atoms with E-state index in [9.17, 15) is 14.4 Å². The van der Waals surface area contributed by atoms with E-state index < -0.39 is 5.97 Å². The lowest BCUT2D eigenvalue weighted by Gasteiger charge is -2.26. The SMILES string of the molecule is O=C(N[C@H]1CC[C@@H](C(=O)O)CC1)c1cccn2c(=O)c3cc(-c4cccs4)ccc3nc12. The Morgan fingerprint density at radius 3 is 2.62 bits per heavy atom. The Balaban J connectivity index is 1.48. The van der Waals surface area contributed by atoms with Gasteiger partial charge < -0.3 is 10.4 Å². The molecular weight excluding hydrogens is 426 g/mol. The van der Waals surface area contributed by atoms with Crippen molar-refractivity contribution in [2.24, 2.45) is 5.92 Å². The van der Waals surface area contributed by atoms with Gasteiger partial charge in [-0.25, -0.2) is 4.98 Å². The van der Waals surface area contributed by atoms with E-state index in [1.54, 1.807) is 29.7 Å². The number of carboxylic acids is 1. The number of nitrogens with one attached hydrogen (secondary N) is 1. The number of carbonyl (C=O) groups excluding carboxylic acids is 1. The molecule has 3 aromatic heterocycles. The first kappa shape index (κ1) is 20.4. The van der Waals surface area contributed by atoms with Gasteiger partial charge in [-0.15, -0.1) is 11.3 Å². The molecule has 1 aliphatic rings. The molecule has 3 heterocycles. The van der Waals surface area contributed by atoms with Gasteiger partial charge in [-0.05, 0) is 67.0 Å². The minimum Gasteiger partial charge on any atom is -0.481 e. The summed E-state index contributed by atoms with van der Waals surface area (Å²) in [5.74, 6) is -1.42. The number of hydrogen-bond acceptors (Lipinski definition) is 5. The van der Waals surface area contributed by atoms with Gasteiger partial charge in [0.05, 0.1) is 22.4 Å². The lowest BCUT2D eigenvalue weighted by atomic mass is 9.86. The molecule has 162 valence electrons. The number of pyridine rings is 1. The maximum absolute atomic E-state index is 13.2. The lowest BCUT2D eigenvalue weighted by molar-refractivity contribution is -0.142. The highest BCUT2D eigenvalue weighted by Crippen LogP contribution is 2.27. The van der Waals surface area contributed by atoms with Gasteiger partial charge in [0.1, 0.15) is 0 Å². The minimum absolute atomic E-state index is 0.0844. The predicted octanol–water partition coefficient (Wildman–Crippen LogP) is 3.95. The van der Waals surface area contributed by atoms with Gasteiger partial charge in [-0.2, -0.15) is 0 Å². The van der Waals surface area contributed by atoms with Gasteiger partial charge >= 0.3 is 5.97 Å². The second-order valence-electron chi connectivity index (χ2n) is 8.10.